The monoisotopic (exact) mass is 198 g/mol. The minimum atomic E-state index is -0.409. The van der Waals surface area contributed by atoms with Crippen molar-refractivity contribution in [2.45, 2.75) is 44.9 Å². The van der Waals surface area contributed by atoms with Crippen molar-refractivity contribution >= 4 is 6.09 Å². The molecule has 3 atom stereocenters. The molecule has 0 spiro atoms. The minimum absolute atomic E-state index is 0.183. The summed E-state index contributed by atoms with van der Waals surface area (Å²) in [6.07, 6.45) is 0.846. The van der Waals surface area contributed by atoms with Gasteiger partial charge in [0.15, 0.2) is 0 Å². The first kappa shape index (κ1) is 9.77. The maximum Gasteiger partial charge on any atom is 0.410 e. The summed E-state index contributed by atoms with van der Waals surface area (Å²) in [6, 6.07) is 0.414. The summed E-state index contributed by atoms with van der Waals surface area (Å²) in [6.45, 7) is 6.42. The van der Waals surface area contributed by atoms with Crippen LogP contribution in [0.4, 0.5) is 4.79 Å². The summed E-state index contributed by atoms with van der Waals surface area (Å²) in [7, 11) is 0. The van der Waals surface area contributed by atoms with E-state index >= 15 is 0 Å². The molecule has 3 rings (SSSR count). The molecule has 0 aromatic rings. The van der Waals surface area contributed by atoms with Crippen molar-refractivity contribution in [3.63, 3.8) is 0 Å². The average molecular weight is 198 g/mol. The van der Waals surface area contributed by atoms with Gasteiger partial charge in [0.05, 0.1) is 6.04 Å². The molecule has 0 aromatic carbocycles. The van der Waals surface area contributed by atoms with Gasteiger partial charge in [-0.3, -0.25) is 0 Å². The molecule has 14 heavy (non-hydrogen) atoms. The van der Waals surface area contributed by atoms with Crippen LogP contribution < -0.4 is 5.73 Å². The van der Waals surface area contributed by atoms with E-state index in [1.807, 2.05) is 20.8 Å². The van der Waals surface area contributed by atoms with Crippen molar-refractivity contribution in [1.82, 2.24) is 4.90 Å². The van der Waals surface area contributed by atoms with Gasteiger partial charge in [0.25, 0.3) is 0 Å². The van der Waals surface area contributed by atoms with E-state index in [1.165, 1.54) is 0 Å². The molecule has 2 bridgehead atoms. The van der Waals surface area contributed by atoms with Gasteiger partial charge in [-0.2, -0.15) is 0 Å². The zero-order valence-corrected chi connectivity index (χ0v) is 8.99. The highest BCUT2D eigenvalue weighted by Crippen LogP contribution is 2.40. The lowest BCUT2D eigenvalue weighted by Gasteiger charge is -2.33. The van der Waals surface area contributed by atoms with Crippen LogP contribution in [0.1, 0.15) is 27.2 Å². The first-order valence-electron chi connectivity index (χ1n) is 5.14. The lowest BCUT2D eigenvalue weighted by atomic mass is 9.81. The van der Waals surface area contributed by atoms with Gasteiger partial charge in [0, 0.05) is 12.6 Å². The number of nitrogens with zero attached hydrogens (tertiary/aromatic N) is 1. The standard InChI is InChI=1S/C10H18N2O2/c1-10(2,3)14-9(13)12-5-6-4-7(12)8(6)11/h6-8H,4-5,11H2,1-3H3/t6-,7?,8+/m1/s1. The van der Waals surface area contributed by atoms with Gasteiger partial charge in [0.1, 0.15) is 5.60 Å². The van der Waals surface area contributed by atoms with E-state index < -0.39 is 5.60 Å². The fourth-order valence-corrected chi connectivity index (χ4v) is 2.19. The maximum absolute atomic E-state index is 11.7. The molecular formula is C10H18N2O2. The van der Waals surface area contributed by atoms with Crippen LogP contribution in [0.15, 0.2) is 0 Å². The van der Waals surface area contributed by atoms with Crippen LogP contribution in [0.5, 0.6) is 0 Å². The molecule has 2 heterocycles. The van der Waals surface area contributed by atoms with Crippen molar-refractivity contribution in [2.24, 2.45) is 11.7 Å². The Balaban J connectivity index is 1.94. The number of fused-ring (bicyclic) bond motifs is 1. The summed E-state index contributed by atoms with van der Waals surface area (Å²) in [5.74, 6) is 0.507. The third kappa shape index (κ3) is 1.47. The highest BCUT2D eigenvalue weighted by molar-refractivity contribution is 5.70. The van der Waals surface area contributed by atoms with E-state index in [9.17, 15) is 4.79 Å². The first-order chi connectivity index (χ1) is 6.38. The summed E-state index contributed by atoms with van der Waals surface area (Å²) in [4.78, 5) is 13.5. The van der Waals surface area contributed by atoms with Gasteiger partial charge >= 0.3 is 6.09 Å². The Morgan fingerprint density at radius 3 is 2.50 bits per heavy atom. The number of hydrogen-bond acceptors (Lipinski definition) is 3. The fourth-order valence-electron chi connectivity index (χ4n) is 2.19. The number of hydrogen-bond donors (Lipinski definition) is 1. The third-order valence-corrected chi connectivity index (χ3v) is 2.99. The summed E-state index contributed by atoms with van der Waals surface area (Å²) < 4.78 is 5.30. The van der Waals surface area contributed by atoms with E-state index in [4.69, 9.17) is 10.5 Å². The minimum Gasteiger partial charge on any atom is -0.444 e. The Hall–Kier alpha value is -0.770. The van der Waals surface area contributed by atoms with Crippen LogP contribution in [-0.4, -0.2) is 35.2 Å². The SMILES string of the molecule is CC(C)(C)OC(=O)N1C[C@H]2CC1[C@H]2N. The number of carbonyl (C=O) groups excluding carboxylic acids is 1. The van der Waals surface area contributed by atoms with E-state index in [-0.39, 0.29) is 18.2 Å². The lowest BCUT2D eigenvalue weighted by Crippen LogP contribution is -2.51. The third-order valence-electron chi connectivity index (χ3n) is 2.99. The second kappa shape index (κ2) is 2.86. The Kier molecular flexibility index (Phi) is 2.00. The van der Waals surface area contributed by atoms with Crippen molar-refractivity contribution in [3.8, 4) is 0 Å². The number of rotatable bonds is 0. The lowest BCUT2D eigenvalue weighted by molar-refractivity contribution is 0.0234. The van der Waals surface area contributed by atoms with Gasteiger partial charge < -0.3 is 15.4 Å². The summed E-state index contributed by atoms with van der Waals surface area (Å²) in [5.41, 5.74) is 5.46. The first-order valence-corrected chi connectivity index (χ1v) is 5.14. The predicted octanol–water partition coefficient (Wildman–Crippen LogP) is 0.953. The molecular weight excluding hydrogens is 180 g/mol. The molecule has 3 aliphatic rings. The Labute approximate surface area is 84.4 Å². The highest BCUT2D eigenvalue weighted by atomic mass is 16.6. The van der Waals surface area contributed by atoms with Crippen molar-refractivity contribution in [3.05, 3.63) is 0 Å². The molecule has 1 amide bonds. The summed E-state index contributed by atoms with van der Waals surface area (Å²) >= 11 is 0. The van der Waals surface area contributed by atoms with E-state index in [0.717, 1.165) is 13.0 Å². The largest absolute Gasteiger partial charge is 0.444 e. The fraction of sp³-hybridized carbons (Fsp3) is 0.900. The van der Waals surface area contributed by atoms with Crippen LogP contribution in [0.2, 0.25) is 0 Å². The normalized spacial score (nSPS) is 35.4. The number of amides is 1. The smallest absolute Gasteiger partial charge is 0.410 e. The average Bonchev–Trinajstić information content (AvgIpc) is 2.55. The molecule has 0 aromatic heterocycles. The Bertz CT molecular complexity index is 259. The molecule has 4 heteroatoms. The second-order valence-electron chi connectivity index (χ2n) is 5.27. The molecule has 0 radical (unpaired) electrons. The van der Waals surface area contributed by atoms with Crippen LogP contribution >= 0.6 is 0 Å². The molecule has 2 aliphatic heterocycles. The Morgan fingerprint density at radius 1 is 1.50 bits per heavy atom. The van der Waals surface area contributed by atoms with Crippen LogP contribution in [-0.2, 0) is 4.74 Å². The zero-order chi connectivity index (χ0) is 10.5. The predicted molar refractivity (Wildman–Crippen MR) is 52.8 cm³/mol. The van der Waals surface area contributed by atoms with Gasteiger partial charge in [-0.1, -0.05) is 0 Å². The molecule has 3 fully saturated rings. The van der Waals surface area contributed by atoms with Crippen molar-refractivity contribution < 1.29 is 9.53 Å². The van der Waals surface area contributed by atoms with E-state index in [0.29, 0.717) is 5.92 Å². The number of carbonyl (C=O) groups is 1. The number of ether oxygens (including phenoxy) is 1. The molecule has 1 unspecified atom stereocenters. The Morgan fingerprint density at radius 2 is 2.14 bits per heavy atom. The molecule has 4 nitrogen and oxygen atoms in total. The number of nitrogens with two attached hydrogens (primary N) is 1. The van der Waals surface area contributed by atoms with E-state index in [2.05, 4.69) is 0 Å². The van der Waals surface area contributed by atoms with Gasteiger partial charge in [-0.25, -0.2) is 4.79 Å². The molecule has 2 N–H and O–H groups in total. The van der Waals surface area contributed by atoms with Crippen molar-refractivity contribution in [2.75, 3.05) is 6.54 Å². The maximum atomic E-state index is 11.7. The van der Waals surface area contributed by atoms with Gasteiger partial charge in [0.2, 0.25) is 0 Å². The molecule has 80 valence electrons. The quantitative estimate of drug-likeness (QED) is 0.630. The van der Waals surface area contributed by atoms with Crippen LogP contribution in [0, 0.1) is 5.92 Å². The highest BCUT2D eigenvalue weighted by Gasteiger charge is 2.52. The zero-order valence-electron chi connectivity index (χ0n) is 8.99. The molecule has 1 saturated carbocycles. The second-order valence-corrected chi connectivity index (χ2v) is 5.27. The molecule has 2 saturated heterocycles. The molecule has 1 aliphatic carbocycles. The van der Waals surface area contributed by atoms with Crippen LogP contribution in [0.25, 0.3) is 0 Å². The van der Waals surface area contributed by atoms with Gasteiger partial charge in [-0.05, 0) is 33.1 Å². The van der Waals surface area contributed by atoms with Crippen molar-refractivity contribution in [1.29, 1.82) is 0 Å². The topological polar surface area (TPSA) is 55.6 Å². The van der Waals surface area contributed by atoms with Crippen LogP contribution in [0.3, 0.4) is 0 Å². The van der Waals surface area contributed by atoms with E-state index in [1.54, 1.807) is 4.90 Å². The van der Waals surface area contributed by atoms with Gasteiger partial charge in [-0.15, -0.1) is 0 Å². The summed E-state index contributed by atoms with van der Waals surface area (Å²) in [5, 5.41) is 0.